The van der Waals surface area contributed by atoms with Gasteiger partial charge in [0.15, 0.2) is 0 Å². The molecule has 0 aromatic heterocycles. The summed E-state index contributed by atoms with van der Waals surface area (Å²) in [6.45, 7) is 1.26. The Morgan fingerprint density at radius 1 is 0.870 bits per heavy atom. The average Bonchev–Trinajstić information content (AvgIpc) is 2.53. The van der Waals surface area contributed by atoms with Gasteiger partial charge in [0, 0.05) is 18.8 Å². The van der Waals surface area contributed by atoms with Crippen LogP contribution in [0.25, 0.3) is 0 Å². The van der Waals surface area contributed by atoms with Crippen LogP contribution in [-0.2, 0) is 0 Å². The molecule has 0 unspecified atom stereocenters. The van der Waals surface area contributed by atoms with Gasteiger partial charge >= 0.3 is 35.5 Å². The summed E-state index contributed by atoms with van der Waals surface area (Å²) in [6.07, 6.45) is 10.9. The second-order valence-electron chi connectivity index (χ2n) is 5.71. The molecule has 0 amide bonds. The van der Waals surface area contributed by atoms with Crippen LogP contribution in [0.15, 0.2) is 24.3 Å². The summed E-state index contributed by atoms with van der Waals surface area (Å²) in [5.41, 5.74) is 1.30. The average molecular weight is 331 g/mol. The first-order chi connectivity index (χ1) is 10.7. The first-order valence-corrected chi connectivity index (χ1v) is 8.42. The van der Waals surface area contributed by atoms with Crippen LogP contribution in [0.1, 0.15) is 69.6 Å². The van der Waals surface area contributed by atoms with Crippen LogP contribution in [-0.4, -0.2) is 29.3 Å². The number of hydrogen-bond acceptors (Lipinski definition) is 3. The maximum Gasteiger partial charge on any atom is 1.00 e. The van der Waals surface area contributed by atoms with Gasteiger partial charge < -0.3 is 17.0 Å². The Bertz CT molecular complexity index is 415. The zero-order chi connectivity index (χ0) is 16.0. The standard InChI is InChI=1S/C18H29NO3.Na.H/c20-15-9-7-5-3-1-2-4-6-8-14-19-17-12-10-16(11-13-17)18(21)22;;/h10-13,19-20H,1-9,14-15H2,(H,21,22);;/q;+1;-1. The molecule has 0 saturated carbocycles. The van der Waals surface area contributed by atoms with Crippen molar-refractivity contribution in [3.05, 3.63) is 29.8 Å². The number of aliphatic hydroxyl groups is 1. The van der Waals surface area contributed by atoms with Crippen LogP contribution in [0, 0.1) is 0 Å². The predicted molar refractivity (Wildman–Crippen MR) is 91.6 cm³/mol. The van der Waals surface area contributed by atoms with E-state index in [1.165, 1.54) is 38.5 Å². The minimum absolute atomic E-state index is 0. The fourth-order valence-corrected chi connectivity index (χ4v) is 2.44. The third-order valence-corrected chi connectivity index (χ3v) is 3.80. The fourth-order valence-electron chi connectivity index (χ4n) is 2.44. The molecule has 5 heteroatoms. The van der Waals surface area contributed by atoms with Gasteiger partial charge in [-0.25, -0.2) is 4.79 Å². The van der Waals surface area contributed by atoms with E-state index in [2.05, 4.69) is 5.32 Å². The quantitative estimate of drug-likeness (QED) is 0.378. The van der Waals surface area contributed by atoms with Gasteiger partial charge in [0.05, 0.1) is 5.56 Å². The van der Waals surface area contributed by atoms with Crippen LogP contribution in [0.2, 0.25) is 0 Å². The van der Waals surface area contributed by atoms with Gasteiger partial charge in [-0.05, 0) is 37.1 Å². The van der Waals surface area contributed by atoms with Gasteiger partial charge in [-0.3, -0.25) is 0 Å². The van der Waals surface area contributed by atoms with Crippen LogP contribution in [0.3, 0.4) is 0 Å². The van der Waals surface area contributed by atoms with E-state index >= 15 is 0 Å². The summed E-state index contributed by atoms with van der Waals surface area (Å²) < 4.78 is 0. The number of carbonyl (C=O) groups is 1. The van der Waals surface area contributed by atoms with Gasteiger partial charge in [-0.15, -0.1) is 0 Å². The number of aliphatic hydroxyl groups excluding tert-OH is 1. The van der Waals surface area contributed by atoms with Crippen molar-refractivity contribution in [1.29, 1.82) is 0 Å². The number of rotatable bonds is 13. The largest absolute Gasteiger partial charge is 1.00 e. The minimum atomic E-state index is -0.886. The second kappa shape index (κ2) is 15.0. The maximum absolute atomic E-state index is 10.7. The van der Waals surface area contributed by atoms with E-state index in [0.717, 1.165) is 31.5 Å². The molecule has 0 bridgehead atoms. The van der Waals surface area contributed by atoms with Crippen molar-refractivity contribution in [2.75, 3.05) is 18.5 Å². The minimum Gasteiger partial charge on any atom is -1.00 e. The van der Waals surface area contributed by atoms with Crippen molar-refractivity contribution in [1.82, 2.24) is 0 Å². The monoisotopic (exact) mass is 331 g/mol. The normalized spacial score (nSPS) is 10.1. The molecular formula is C18H30NNaO3. The van der Waals surface area contributed by atoms with Crippen LogP contribution in [0.5, 0.6) is 0 Å². The van der Waals surface area contributed by atoms with Crippen molar-refractivity contribution in [2.24, 2.45) is 0 Å². The van der Waals surface area contributed by atoms with E-state index in [-0.39, 0.29) is 31.0 Å². The number of unbranched alkanes of at least 4 members (excludes halogenated alkanes) is 8. The van der Waals surface area contributed by atoms with E-state index in [9.17, 15) is 4.79 Å². The molecule has 1 aromatic carbocycles. The summed E-state index contributed by atoms with van der Waals surface area (Å²) in [5.74, 6) is -0.886. The number of hydrogen-bond donors (Lipinski definition) is 3. The summed E-state index contributed by atoms with van der Waals surface area (Å²) in [4.78, 5) is 10.7. The molecule has 126 valence electrons. The van der Waals surface area contributed by atoms with Gasteiger partial charge in [0.2, 0.25) is 0 Å². The van der Waals surface area contributed by atoms with Gasteiger partial charge in [0.1, 0.15) is 0 Å². The molecule has 0 radical (unpaired) electrons. The first-order valence-electron chi connectivity index (χ1n) is 8.42. The third kappa shape index (κ3) is 11.6. The molecule has 1 rings (SSSR count). The van der Waals surface area contributed by atoms with E-state index in [4.69, 9.17) is 10.2 Å². The zero-order valence-electron chi connectivity index (χ0n) is 15.4. The van der Waals surface area contributed by atoms with Crippen molar-refractivity contribution in [3.63, 3.8) is 0 Å². The molecule has 3 N–H and O–H groups in total. The Hall–Kier alpha value is -0.550. The fraction of sp³-hybridized carbons (Fsp3) is 0.611. The molecule has 0 heterocycles. The van der Waals surface area contributed by atoms with Gasteiger partial charge in [-0.2, -0.15) is 0 Å². The Morgan fingerprint density at radius 2 is 1.35 bits per heavy atom. The van der Waals surface area contributed by atoms with Crippen molar-refractivity contribution >= 4 is 11.7 Å². The zero-order valence-corrected chi connectivity index (χ0v) is 16.4. The Morgan fingerprint density at radius 3 is 1.83 bits per heavy atom. The number of aromatic carboxylic acids is 1. The van der Waals surface area contributed by atoms with Crippen LogP contribution in [0.4, 0.5) is 5.69 Å². The first kappa shape index (κ1) is 22.4. The number of nitrogens with one attached hydrogen (secondary N) is 1. The molecular weight excluding hydrogens is 301 g/mol. The van der Waals surface area contributed by atoms with E-state index in [1.807, 2.05) is 12.1 Å². The van der Waals surface area contributed by atoms with E-state index in [0.29, 0.717) is 12.2 Å². The van der Waals surface area contributed by atoms with Crippen molar-refractivity contribution < 1.29 is 46.0 Å². The maximum atomic E-state index is 10.7. The van der Waals surface area contributed by atoms with E-state index in [1.54, 1.807) is 12.1 Å². The Kier molecular flexibility index (Phi) is 14.6. The molecule has 0 atom stereocenters. The van der Waals surface area contributed by atoms with Crippen LogP contribution >= 0.6 is 0 Å². The smallest absolute Gasteiger partial charge is 1.00 e. The SMILES string of the molecule is O=C(O)c1ccc(NCCCCCCCCCCCO)cc1.[H-].[Na+]. The molecule has 0 aliphatic heterocycles. The summed E-state index contributed by atoms with van der Waals surface area (Å²) in [6, 6.07) is 6.88. The molecule has 4 nitrogen and oxygen atoms in total. The van der Waals surface area contributed by atoms with Crippen LogP contribution < -0.4 is 34.9 Å². The van der Waals surface area contributed by atoms with Gasteiger partial charge in [0.25, 0.3) is 0 Å². The number of carboxylic acid groups (broad SMARTS) is 1. The summed E-state index contributed by atoms with van der Waals surface area (Å²) >= 11 is 0. The van der Waals surface area contributed by atoms with E-state index < -0.39 is 5.97 Å². The summed E-state index contributed by atoms with van der Waals surface area (Å²) in [7, 11) is 0. The van der Waals surface area contributed by atoms with Crippen molar-refractivity contribution in [3.8, 4) is 0 Å². The Labute approximate surface area is 163 Å². The topological polar surface area (TPSA) is 69.6 Å². The molecule has 0 aliphatic carbocycles. The predicted octanol–water partition coefficient (Wildman–Crippen LogP) is 1.42. The molecule has 23 heavy (non-hydrogen) atoms. The molecule has 1 aromatic rings. The summed E-state index contributed by atoms with van der Waals surface area (Å²) in [5, 5.41) is 20.8. The van der Waals surface area contributed by atoms with Crippen molar-refractivity contribution in [2.45, 2.75) is 57.8 Å². The second-order valence-corrected chi connectivity index (χ2v) is 5.71. The molecule has 0 fully saturated rings. The third-order valence-electron chi connectivity index (χ3n) is 3.80. The molecule has 0 saturated heterocycles. The van der Waals surface area contributed by atoms with Gasteiger partial charge in [-0.1, -0.05) is 44.9 Å². The molecule has 0 spiro atoms. The number of anilines is 1. The number of carboxylic acids is 1. The molecule has 0 aliphatic rings. The Balaban J connectivity index is 0. The number of benzene rings is 1.